The molecule has 0 radical (unpaired) electrons. The maximum Gasteiger partial charge on any atom is 0.347 e. The molecule has 5 nitrogen and oxygen atoms in total. The van der Waals surface area contributed by atoms with E-state index in [0.29, 0.717) is 10.9 Å². The van der Waals surface area contributed by atoms with Gasteiger partial charge in [0.2, 0.25) is 0 Å². The van der Waals surface area contributed by atoms with Crippen LogP contribution < -0.4 is 0 Å². The van der Waals surface area contributed by atoms with Crippen LogP contribution in [0.4, 0.5) is 0 Å². The highest BCUT2D eigenvalue weighted by Crippen LogP contribution is 2.24. The van der Waals surface area contributed by atoms with Gasteiger partial charge in [-0.1, -0.05) is 13.8 Å². The fourth-order valence-electron chi connectivity index (χ4n) is 1.45. The molecule has 0 aliphatic heterocycles. The van der Waals surface area contributed by atoms with E-state index in [-0.39, 0.29) is 4.88 Å². The van der Waals surface area contributed by atoms with Crippen LogP contribution in [0.2, 0.25) is 0 Å². The zero-order valence-corrected chi connectivity index (χ0v) is 10.4. The molecule has 17 heavy (non-hydrogen) atoms. The Balaban J connectivity index is 2.21. The van der Waals surface area contributed by atoms with Gasteiger partial charge in [-0.2, -0.15) is 5.10 Å². The molecule has 2 rings (SSSR count). The number of aromatic nitrogens is 3. The minimum absolute atomic E-state index is 0.247. The van der Waals surface area contributed by atoms with E-state index in [4.69, 9.17) is 5.11 Å². The Morgan fingerprint density at radius 3 is 2.88 bits per heavy atom. The van der Waals surface area contributed by atoms with E-state index in [1.807, 2.05) is 10.9 Å². The van der Waals surface area contributed by atoms with E-state index in [1.54, 1.807) is 6.20 Å². The molecule has 0 unspecified atom stereocenters. The average Bonchev–Trinajstić information content (AvgIpc) is 2.83. The molecular formula is C11H13N3O2S. The Labute approximate surface area is 103 Å². The van der Waals surface area contributed by atoms with Crippen molar-refractivity contribution in [3.63, 3.8) is 0 Å². The lowest BCUT2D eigenvalue weighted by Crippen LogP contribution is -2.03. The second-order valence-corrected chi connectivity index (χ2v) is 5.21. The molecule has 1 N–H and O–H groups in total. The fourth-order valence-corrected chi connectivity index (χ4v) is 2.18. The second-order valence-electron chi connectivity index (χ2n) is 4.18. The normalized spacial score (nSPS) is 11.0. The van der Waals surface area contributed by atoms with Crippen molar-refractivity contribution in [2.45, 2.75) is 20.4 Å². The molecule has 2 aromatic rings. The van der Waals surface area contributed by atoms with Crippen LogP contribution in [0.3, 0.4) is 0 Å². The largest absolute Gasteiger partial charge is 0.477 e. The van der Waals surface area contributed by atoms with Gasteiger partial charge in [-0.3, -0.25) is 4.68 Å². The number of rotatable bonds is 4. The van der Waals surface area contributed by atoms with Crippen LogP contribution in [-0.2, 0) is 6.54 Å². The molecule has 0 aliphatic carbocycles. The van der Waals surface area contributed by atoms with E-state index >= 15 is 0 Å². The molecule has 2 heterocycles. The van der Waals surface area contributed by atoms with Crippen molar-refractivity contribution >= 4 is 17.3 Å². The van der Waals surface area contributed by atoms with Gasteiger partial charge in [0.05, 0.1) is 12.4 Å². The van der Waals surface area contributed by atoms with Gasteiger partial charge >= 0.3 is 5.97 Å². The smallest absolute Gasteiger partial charge is 0.347 e. The predicted molar refractivity (Wildman–Crippen MR) is 65.1 cm³/mol. The highest BCUT2D eigenvalue weighted by molar-refractivity contribution is 7.16. The molecule has 0 fully saturated rings. The number of carbonyl (C=O) groups is 1. The maximum absolute atomic E-state index is 10.7. The van der Waals surface area contributed by atoms with Crippen molar-refractivity contribution in [1.82, 2.24) is 14.8 Å². The average molecular weight is 251 g/mol. The summed E-state index contributed by atoms with van der Waals surface area (Å²) in [6.07, 6.45) is 4.99. The number of hydrogen-bond acceptors (Lipinski definition) is 4. The van der Waals surface area contributed by atoms with Crippen LogP contribution in [0.5, 0.6) is 0 Å². The van der Waals surface area contributed by atoms with E-state index < -0.39 is 5.97 Å². The summed E-state index contributed by atoms with van der Waals surface area (Å²) in [4.78, 5) is 15.1. The first kappa shape index (κ1) is 11.8. The molecule has 0 aliphatic rings. The van der Waals surface area contributed by atoms with Gasteiger partial charge in [0.15, 0.2) is 0 Å². The minimum Gasteiger partial charge on any atom is -0.477 e. The van der Waals surface area contributed by atoms with E-state index in [9.17, 15) is 4.79 Å². The number of carboxylic acids is 1. The monoisotopic (exact) mass is 251 g/mol. The molecule has 0 bridgehead atoms. The summed E-state index contributed by atoms with van der Waals surface area (Å²) in [5.41, 5.74) is 0.864. The Bertz CT molecular complexity index is 530. The first-order valence-electron chi connectivity index (χ1n) is 5.28. The van der Waals surface area contributed by atoms with Crippen molar-refractivity contribution in [2.24, 2.45) is 5.92 Å². The topological polar surface area (TPSA) is 68.0 Å². The molecule has 0 amide bonds. The first-order valence-corrected chi connectivity index (χ1v) is 6.10. The molecule has 0 spiro atoms. The third-order valence-electron chi connectivity index (χ3n) is 2.15. The molecule has 0 saturated carbocycles. The van der Waals surface area contributed by atoms with Crippen LogP contribution in [0.25, 0.3) is 10.6 Å². The van der Waals surface area contributed by atoms with Gasteiger partial charge in [0.25, 0.3) is 0 Å². The molecular weight excluding hydrogens is 238 g/mol. The Hall–Kier alpha value is -1.69. The van der Waals surface area contributed by atoms with Crippen molar-refractivity contribution in [1.29, 1.82) is 0 Å². The van der Waals surface area contributed by atoms with Crippen molar-refractivity contribution in [3.8, 4) is 10.6 Å². The lowest BCUT2D eigenvalue weighted by Gasteiger charge is -2.02. The maximum atomic E-state index is 10.7. The van der Waals surface area contributed by atoms with E-state index in [1.165, 1.54) is 6.20 Å². The lowest BCUT2D eigenvalue weighted by molar-refractivity contribution is 0.0702. The van der Waals surface area contributed by atoms with Crippen LogP contribution in [0.15, 0.2) is 18.6 Å². The van der Waals surface area contributed by atoms with Crippen LogP contribution in [0, 0.1) is 5.92 Å². The molecule has 0 atom stereocenters. The molecule has 6 heteroatoms. The van der Waals surface area contributed by atoms with Gasteiger partial charge in [0, 0.05) is 18.3 Å². The fraction of sp³-hybridized carbons (Fsp3) is 0.364. The number of carboxylic acid groups (broad SMARTS) is 1. The Morgan fingerprint density at radius 2 is 2.29 bits per heavy atom. The van der Waals surface area contributed by atoms with E-state index in [2.05, 4.69) is 23.9 Å². The minimum atomic E-state index is -0.941. The summed E-state index contributed by atoms with van der Waals surface area (Å²) in [6, 6.07) is 0. The van der Waals surface area contributed by atoms with Gasteiger partial charge in [-0.05, 0) is 5.92 Å². The summed E-state index contributed by atoms with van der Waals surface area (Å²) in [5.74, 6) is -0.419. The first-order chi connectivity index (χ1) is 8.06. The zero-order valence-electron chi connectivity index (χ0n) is 9.62. The molecule has 0 saturated heterocycles. The lowest BCUT2D eigenvalue weighted by atomic mass is 10.2. The summed E-state index contributed by atoms with van der Waals surface area (Å²) >= 11 is 1.16. The van der Waals surface area contributed by atoms with Crippen LogP contribution in [-0.4, -0.2) is 25.8 Å². The number of thiazole rings is 1. The van der Waals surface area contributed by atoms with Crippen LogP contribution >= 0.6 is 11.3 Å². The standard InChI is InChI=1S/C11H13N3O2S/c1-7(2)5-14-6-8(3-13-14)10-12-4-9(17-10)11(15)16/h3-4,6-7H,5H2,1-2H3,(H,15,16). The van der Waals surface area contributed by atoms with Gasteiger partial charge in [-0.25, -0.2) is 9.78 Å². The second kappa shape index (κ2) is 4.67. The third kappa shape index (κ3) is 2.71. The summed E-state index contributed by atoms with van der Waals surface area (Å²) in [7, 11) is 0. The summed E-state index contributed by atoms with van der Waals surface area (Å²) in [5, 5.41) is 13.7. The Kier molecular flexibility index (Phi) is 3.23. The molecule has 0 aromatic carbocycles. The molecule has 2 aromatic heterocycles. The van der Waals surface area contributed by atoms with Gasteiger partial charge in [0.1, 0.15) is 9.88 Å². The summed E-state index contributed by atoms with van der Waals surface area (Å²) in [6.45, 7) is 5.08. The molecule has 90 valence electrons. The van der Waals surface area contributed by atoms with Crippen molar-refractivity contribution in [2.75, 3.05) is 0 Å². The quantitative estimate of drug-likeness (QED) is 0.905. The number of aromatic carboxylic acids is 1. The predicted octanol–water partition coefficient (Wildman–Crippen LogP) is 2.36. The zero-order chi connectivity index (χ0) is 12.4. The number of hydrogen-bond donors (Lipinski definition) is 1. The van der Waals surface area contributed by atoms with Crippen molar-refractivity contribution < 1.29 is 9.90 Å². The SMILES string of the molecule is CC(C)Cn1cc(-c2ncc(C(=O)O)s2)cn1. The highest BCUT2D eigenvalue weighted by Gasteiger charge is 2.11. The van der Waals surface area contributed by atoms with E-state index in [0.717, 1.165) is 23.4 Å². The summed E-state index contributed by atoms with van der Waals surface area (Å²) < 4.78 is 1.85. The van der Waals surface area contributed by atoms with Crippen LogP contribution in [0.1, 0.15) is 23.5 Å². The van der Waals surface area contributed by atoms with Gasteiger partial charge < -0.3 is 5.11 Å². The highest BCUT2D eigenvalue weighted by atomic mass is 32.1. The van der Waals surface area contributed by atoms with Crippen molar-refractivity contribution in [3.05, 3.63) is 23.5 Å². The third-order valence-corrected chi connectivity index (χ3v) is 3.18. The van der Waals surface area contributed by atoms with Gasteiger partial charge in [-0.15, -0.1) is 11.3 Å². The number of nitrogens with zero attached hydrogens (tertiary/aromatic N) is 3. The Morgan fingerprint density at radius 1 is 1.53 bits per heavy atom.